The summed E-state index contributed by atoms with van der Waals surface area (Å²) in [4.78, 5) is 0. The van der Waals surface area contributed by atoms with Crippen molar-refractivity contribution in [3.8, 4) is 11.3 Å². The molecule has 0 atom stereocenters. The zero-order valence-electron chi connectivity index (χ0n) is 7.50. The van der Waals surface area contributed by atoms with Crippen molar-refractivity contribution < 1.29 is 4.39 Å². The lowest BCUT2D eigenvalue weighted by Crippen LogP contribution is -1.85. The number of hydrogen-bond donors (Lipinski definition) is 2. The molecule has 3 nitrogen and oxygen atoms in total. The van der Waals surface area contributed by atoms with Crippen molar-refractivity contribution >= 4 is 34.2 Å². The highest BCUT2D eigenvalue weighted by Gasteiger charge is 2.10. The number of aromatic nitrogens is 2. The predicted octanol–water partition coefficient (Wildman–Crippen LogP) is 2.98. The van der Waals surface area contributed by atoms with Crippen LogP contribution >= 0.6 is 28.3 Å². The minimum atomic E-state index is -0.317. The summed E-state index contributed by atoms with van der Waals surface area (Å²) in [5.41, 5.74) is 6.44. The monoisotopic (exact) mass is 291 g/mol. The molecule has 0 aliphatic carbocycles. The molecule has 0 fully saturated rings. The molecule has 1 heterocycles. The molecule has 0 radical (unpaired) electrons. The van der Waals surface area contributed by atoms with Crippen molar-refractivity contribution in [1.29, 1.82) is 0 Å². The van der Waals surface area contributed by atoms with Crippen LogP contribution in [0.15, 0.2) is 28.7 Å². The maximum absolute atomic E-state index is 13.4. The molecule has 0 aliphatic heterocycles. The summed E-state index contributed by atoms with van der Waals surface area (Å²) >= 11 is 3.26. The van der Waals surface area contributed by atoms with E-state index in [4.69, 9.17) is 5.73 Å². The average molecular weight is 293 g/mol. The quantitative estimate of drug-likeness (QED) is 0.849. The number of hydrogen-bond acceptors (Lipinski definition) is 2. The minimum Gasteiger partial charge on any atom is -0.382 e. The van der Waals surface area contributed by atoms with E-state index in [0.717, 1.165) is 0 Å². The Labute approximate surface area is 100 Å². The Bertz CT molecular complexity index is 452. The van der Waals surface area contributed by atoms with Gasteiger partial charge >= 0.3 is 0 Å². The number of H-pyrrole nitrogens is 1. The molecule has 0 saturated heterocycles. The van der Waals surface area contributed by atoms with Crippen LogP contribution in [0.25, 0.3) is 11.3 Å². The number of nitrogens with one attached hydrogen (secondary N) is 1. The molecule has 0 bridgehead atoms. The van der Waals surface area contributed by atoms with Gasteiger partial charge in [0.2, 0.25) is 0 Å². The SMILES string of the molecule is Cl.Nc1cc(-c2c(F)cccc2Br)[nH]n1. The van der Waals surface area contributed by atoms with E-state index in [1.807, 2.05) is 0 Å². The van der Waals surface area contributed by atoms with Crippen LogP contribution in [0.2, 0.25) is 0 Å². The number of nitrogens with zero attached hydrogens (tertiary/aromatic N) is 1. The smallest absolute Gasteiger partial charge is 0.145 e. The molecule has 2 aromatic rings. The zero-order valence-corrected chi connectivity index (χ0v) is 9.90. The van der Waals surface area contributed by atoms with E-state index in [1.165, 1.54) is 6.07 Å². The van der Waals surface area contributed by atoms with Crippen LogP contribution in [0.5, 0.6) is 0 Å². The average Bonchev–Trinajstić information content (AvgIpc) is 2.51. The Kier molecular flexibility index (Phi) is 3.71. The molecular weight excluding hydrogens is 284 g/mol. The van der Waals surface area contributed by atoms with Gasteiger partial charge in [-0.05, 0) is 28.1 Å². The summed E-state index contributed by atoms with van der Waals surface area (Å²) in [6, 6.07) is 6.36. The fourth-order valence-corrected chi connectivity index (χ4v) is 1.78. The van der Waals surface area contributed by atoms with E-state index >= 15 is 0 Å². The first-order valence-corrected chi connectivity index (χ1v) is 4.73. The molecule has 2 rings (SSSR count). The number of nitrogens with two attached hydrogens (primary N) is 1. The third-order valence-corrected chi connectivity index (χ3v) is 2.49. The topological polar surface area (TPSA) is 54.7 Å². The summed E-state index contributed by atoms with van der Waals surface area (Å²) in [6.07, 6.45) is 0. The number of aromatic amines is 1. The van der Waals surface area contributed by atoms with Gasteiger partial charge in [0, 0.05) is 16.1 Å². The van der Waals surface area contributed by atoms with E-state index in [2.05, 4.69) is 26.1 Å². The van der Waals surface area contributed by atoms with Crippen molar-refractivity contribution in [2.24, 2.45) is 0 Å². The van der Waals surface area contributed by atoms with E-state index in [0.29, 0.717) is 21.5 Å². The Morgan fingerprint density at radius 3 is 2.67 bits per heavy atom. The van der Waals surface area contributed by atoms with E-state index in [9.17, 15) is 4.39 Å². The van der Waals surface area contributed by atoms with E-state index < -0.39 is 0 Å². The molecule has 1 aromatic carbocycles. The second kappa shape index (κ2) is 4.63. The normalized spacial score (nSPS) is 9.73. The van der Waals surface area contributed by atoms with Gasteiger partial charge in [-0.3, -0.25) is 5.10 Å². The number of anilines is 1. The van der Waals surface area contributed by atoms with Crippen LogP contribution in [0, 0.1) is 5.82 Å². The lowest BCUT2D eigenvalue weighted by atomic mass is 10.1. The lowest BCUT2D eigenvalue weighted by Gasteiger charge is -2.01. The molecule has 0 amide bonds. The van der Waals surface area contributed by atoms with Gasteiger partial charge in [-0.2, -0.15) is 5.10 Å². The molecule has 80 valence electrons. The van der Waals surface area contributed by atoms with E-state index in [-0.39, 0.29) is 18.2 Å². The van der Waals surface area contributed by atoms with Crippen LogP contribution in [0.3, 0.4) is 0 Å². The highest BCUT2D eigenvalue weighted by atomic mass is 79.9. The van der Waals surface area contributed by atoms with Gasteiger partial charge in [0.05, 0.1) is 5.69 Å². The van der Waals surface area contributed by atoms with Gasteiger partial charge in [-0.25, -0.2) is 4.39 Å². The van der Waals surface area contributed by atoms with Crippen molar-refractivity contribution in [1.82, 2.24) is 10.2 Å². The summed E-state index contributed by atoms with van der Waals surface area (Å²) < 4.78 is 14.1. The number of nitrogen functional groups attached to an aromatic ring is 1. The molecule has 6 heteroatoms. The Balaban J connectivity index is 0.00000112. The second-order valence-corrected chi connectivity index (χ2v) is 3.66. The maximum atomic E-state index is 13.4. The summed E-state index contributed by atoms with van der Waals surface area (Å²) in [5.74, 6) is 0.0261. The largest absolute Gasteiger partial charge is 0.382 e. The van der Waals surface area contributed by atoms with Gasteiger partial charge in [-0.1, -0.05) is 6.07 Å². The number of rotatable bonds is 1. The Hall–Kier alpha value is -1.07. The minimum absolute atomic E-state index is 0. The van der Waals surface area contributed by atoms with Crippen LogP contribution in [-0.4, -0.2) is 10.2 Å². The van der Waals surface area contributed by atoms with Crippen molar-refractivity contribution in [3.05, 3.63) is 34.6 Å². The summed E-state index contributed by atoms with van der Waals surface area (Å²) in [6.45, 7) is 0. The fourth-order valence-electron chi connectivity index (χ4n) is 1.22. The van der Waals surface area contributed by atoms with Gasteiger partial charge in [-0.15, -0.1) is 12.4 Å². The molecule has 15 heavy (non-hydrogen) atoms. The molecular formula is C9H8BrClFN3. The molecule has 3 N–H and O–H groups in total. The fraction of sp³-hybridized carbons (Fsp3) is 0. The van der Waals surface area contributed by atoms with Crippen LogP contribution in [0.4, 0.5) is 10.2 Å². The first-order chi connectivity index (χ1) is 6.68. The molecule has 0 saturated carbocycles. The van der Waals surface area contributed by atoms with Crippen LogP contribution < -0.4 is 5.73 Å². The van der Waals surface area contributed by atoms with Crippen LogP contribution in [-0.2, 0) is 0 Å². The zero-order chi connectivity index (χ0) is 10.1. The highest BCUT2D eigenvalue weighted by molar-refractivity contribution is 9.10. The summed E-state index contributed by atoms with van der Waals surface area (Å²) in [5, 5.41) is 6.40. The maximum Gasteiger partial charge on any atom is 0.145 e. The third-order valence-electron chi connectivity index (χ3n) is 1.83. The first-order valence-electron chi connectivity index (χ1n) is 3.94. The molecule has 0 aliphatic rings. The highest BCUT2D eigenvalue weighted by Crippen LogP contribution is 2.29. The molecule has 1 aromatic heterocycles. The van der Waals surface area contributed by atoms with Gasteiger partial charge in [0.15, 0.2) is 0 Å². The van der Waals surface area contributed by atoms with E-state index in [1.54, 1.807) is 18.2 Å². The number of benzene rings is 1. The lowest BCUT2D eigenvalue weighted by molar-refractivity contribution is 0.630. The van der Waals surface area contributed by atoms with Crippen molar-refractivity contribution in [3.63, 3.8) is 0 Å². The van der Waals surface area contributed by atoms with Crippen molar-refractivity contribution in [2.75, 3.05) is 5.73 Å². The van der Waals surface area contributed by atoms with Gasteiger partial charge in [0.25, 0.3) is 0 Å². The third kappa shape index (κ3) is 2.30. The Morgan fingerprint density at radius 1 is 1.40 bits per heavy atom. The van der Waals surface area contributed by atoms with Gasteiger partial charge in [0.1, 0.15) is 11.6 Å². The van der Waals surface area contributed by atoms with Crippen molar-refractivity contribution in [2.45, 2.75) is 0 Å². The summed E-state index contributed by atoms with van der Waals surface area (Å²) in [7, 11) is 0. The Morgan fingerprint density at radius 2 is 2.13 bits per heavy atom. The molecule has 0 spiro atoms. The number of halogens is 3. The van der Waals surface area contributed by atoms with Gasteiger partial charge < -0.3 is 5.73 Å². The van der Waals surface area contributed by atoms with Crippen LogP contribution in [0.1, 0.15) is 0 Å². The first kappa shape index (κ1) is 12.0. The molecule has 0 unspecified atom stereocenters. The second-order valence-electron chi connectivity index (χ2n) is 2.80. The standard InChI is InChI=1S/C9H7BrFN3.ClH/c10-5-2-1-3-6(11)9(5)7-4-8(12)14-13-7;/h1-4H,(H3,12,13,14);1H. The predicted molar refractivity (Wildman–Crippen MR) is 63.3 cm³/mol.